The highest BCUT2D eigenvalue weighted by molar-refractivity contribution is 4.97. The Morgan fingerprint density at radius 3 is 0.714 bits per heavy atom. The molecule has 2 heteroatoms. The molecule has 1 rings (SSSR count). The van der Waals surface area contributed by atoms with Crippen LogP contribution in [-0.2, 0) is 0 Å². The summed E-state index contributed by atoms with van der Waals surface area (Å²) in [5.41, 5.74) is 0. The molecule has 0 aliphatic carbocycles. The smallest absolute Gasteiger partial charge is 0.101 e. The first-order valence-electron chi connectivity index (χ1n) is 23.5. The topological polar surface area (TPSA) is 6.48 Å². The average Bonchev–Trinajstić information content (AvgIpc) is 3.50. The van der Waals surface area contributed by atoms with E-state index in [1.165, 1.54) is 264 Å². The fourth-order valence-electron chi connectivity index (χ4n) is 8.13. The summed E-state index contributed by atoms with van der Waals surface area (Å²) in [7, 11) is 0. The Balaban J connectivity index is 2.16. The Bertz CT molecular complexity index is 644. The molecule has 0 spiro atoms. The van der Waals surface area contributed by atoms with Crippen molar-refractivity contribution in [3.8, 4) is 0 Å². The van der Waals surface area contributed by atoms with Crippen molar-refractivity contribution in [3.63, 3.8) is 0 Å². The van der Waals surface area contributed by atoms with Crippen molar-refractivity contribution in [1.82, 2.24) is 9.80 Å². The maximum atomic E-state index is 2.73. The molecular formula is C47H94N2. The van der Waals surface area contributed by atoms with E-state index >= 15 is 0 Å². The Morgan fingerprint density at radius 2 is 0.469 bits per heavy atom. The Kier molecular flexibility index (Phi) is 36.5. The Labute approximate surface area is 311 Å². The minimum Gasteiger partial charge on any atom is -0.356 e. The van der Waals surface area contributed by atoms with Gasteiger partial charge in [-0.2, -0.15) is 0 Å². The van der Waals surface area contributed by atoms with Gasteiger partial charge in [-0.3, -0.25) is 0 Å². The van der Waals surface area contributed by atoms with Crippen LogP contribution in [0, 0.1) is 0 Å². The molecule has 1 aliphatic rings. The molecule has 0 N–H and O–H groups in total. The van der Waals surface area contributed by atoms with Crippen LogP contribution in [0.3, 0.4) is 0 Å². The summed E-state index contributed by atoms with van der Waals surface area (Å²) in [5.74, 6) is 0. The van der Waals surface area contributed by atoms with Gasteiger partial charge in [0, 0.05) is 25.5 Å². The lowest BCUT2D eigenvalue weighted by molar-refractivity contribution is 0.135. The van der Waals surface area contributed by atoms with E-state index in [1.54, 1.807) is 0 Å². The fraction of sp³-hybridized carbons (Fsp3) is 0.957. The van der Waals surface area contributed by atoms with Crippen molar-refractivity contribution in [3.05, 3.63) is 12.4 Å². The second-order valence-electron chi connectivity index (χ2n) is 16.4. The first kappa shape index (κ1) is 46.4. The molecule has 0 amide bonds. The molecule has 0 fully saturated rings. The van der Waals surface area contributed by atoms with E-state index in [9.17, 15) is 0 Å². The summed E-state index contributed by atoms with van der Waals surface area (Å²) < 4.78 is 0. The molecule has 0 aromatic heterocycles. The first-order chi connectivity index (χ1) is 24.3. The van der Waals surface area contributed by atoms with Crippen LogP contribution >= 0.6 is 0 Å². The number of hydrogen-bond donors (Lipinski definition) is 0. The summed E-state index contributed by atoms with van der Waals surface area (Å²) in [6.07, 6.45) is 61.9. The zero-order valence-corrected chi connectivity index (χ0v) is 34.6. The largest absolute Gasteiger partial charge is 0.356 e. The third-order valence-electron chi connectivity index (χ3n) is 11.6. The zero-order valence-electron chi connectivity index (χ0n) is 34.6. The number of rotatable bonds is 41. The second-order valence-corrected chi connectivity index (χ2v) is 16.4. The van der Waals surface area contributed by atoms with Gasteiger partial charge in [-0.15, -0.1) is 0 Å². The van der Waals surface area contributed by atoms with Crippen molar-refractivity contribution in [2.24, 2.45) is 0 Å². The van der Waals surface area contributed by atoms with Gasteiger partial charge in [-0.05, 0) is 25.7 Å². The third-order valence-corrected chi connectivity index (χ3v) is 11.6. The molecule has 49 heavy (non-hydrogen) atoms. The number of unbranched alkanes of at least 4 members (excludes halogenated alkanes) is 35. The molecule has 0 aromatic rings. The lowest BCUT2D eigenvalue weighted by atomic mass is 10.0. The second kappa shape index (κ2) is 38.6. The standard InChI is InChI=1S/C47H94N2/c1-4-7-10-13-16-19-21-23-24-25-26-27-29-31-33-36-39-42-47-48(43-40-37-34-18-15-12-9-6-3)45-46-49(47)44-41-38-35-32-30-28-22-20-17-14-11-8-5-2/h45-47H,4-44H2,1-3H3. The van der Waals surface area contributed by atoms with Gasteiger partial charge in [0.05, 0.1) is 0 Å². The molecule has 0 bridgehead atoms. The molecule has 2 nitrogen and oxygen atoms in total. The normalized spacial score (nSPS) is 14.6. The monoisotopic (exact) mass is 687 g/mol. The average molecular weight is 687 g/mol. The van der Waals surface area contributed by atoms with Gasteiger partial charge in [-0.1, -0.05) is 245 Å². The lowest BCUT2D eigenvalue weighted by Crippen LogP contribution is -2.39. The van der Waals surface area contributed by atoms with Crippen molar-refractivity contribution < 1.29 is 0 Å². The highest BCUT2D eigenvalue weighted by Gasteiger charge is 2.24. The van der Waals surface area contributed by atoms with E-state index in [4.69, 9.17) is 0 Å². The molecule has 1 atom stereocenters. The molecular weight excluding hydrogens is 593 g/mol. The fourth-order valence-corrected chi connectivity index (χ4v) is 8.13. The molecule has 1 unspecified atom stereocenters. The highest BCUT2D eigenvalue weighted by atomic mass is 15.4. The maximum absolute atomic E-state index is 2.73. The van der Waals surface area contributed by atoms with Gasteiger partial charge in [0.15, 0.2) is 0 Å². The first-order valence-corrected chi connectivity index (χ1v) is 23.5. The molecule has 0 saturated carbocycles. The summed E-state index contributed by atoms with van der Waals surface area (Å²) in [6.45, 7) is 9.49. The van der Waals surface area contributed by atoms with Crippen LogP contribution in [0.5, 0.6) is 0 Å². The minimum atomic E-state index is 0.637. The Hall–Kier alpha value is -0.660. The minimum absolute atomic E-state index is 0.637. The van der Waals surface area contributed by atoms with Crippen LogP contribution in [0.1, 0.15) is 271 Å². The highest BCUT2D eigenvalue weighted by Crippen LogP contribution is 2.24. The van der Waals surface area contributed by atoms with E-state index in [2.05, 4.69) is 43.0 Å². The maximum Gasteiger partial charge on any atom is 0.101 e. The number of nitrogens with zero attached hydrogens (tertiary/aromatic N) is 2. The van der Waals surface area contributed by atoms with E-state index < -0.39 is 0 Å². The summed E-state index contributed by atoms with van der Waals surface area (Å²) in [5, 5.41) is 0. The molecule has 0 radical (unpaired) electrons. The molecule has 1 aliphatic heterocycles. The Morgan fingerprint density at radius 1 is 0.265 bits per heavy atom. The summed E-state index contributed by atoms with van der Waals surface area (Å²) in [6, 6.07) is 0. The van der Waals surface area contributed by atoms with Crippen LogP contribution < -0.4 is 0 Å². The quantitative estimate of drug-likeness (QED) is 0.0591. The summed E-state index contributed by atoms with van der Waals surface area (Å²) >= 11 is 0. The van der Waals surface area contributed by atoms with E-state index in [0.29, 0.717) is 6.17 Å². The van der Waals surface area contributed by atoms with E-state index in [-0.39, 0.29) is 0 Å². The van der Waals surface area contributed by atoms with Crippen LogP contribution in [0.15, 0.2) is 12.4 Å². The molecule has 0 saturated heterocycles. The van der Waals surface area contributed by atoms with Gasteiger partial charge in [-0.25, -0.2) is 0 Å². The van der Waals surface area contributed by atoms with Gasteiger partial charge >= 0.3 is 0 Å². The zero-order chi connectivity index (χ0) is 35.1. The lowest BCUT2D eigenvalue weighted by Gasteiger charge is -2.33. The molecule has 0 aromatic carbocycles. The van der Waals surface area contributed by atoms with Crippen molar-refractivity contribution >= 4 is 0 Å². The van der Waals surface area contributed by atoms with Crippen LogP contribution in [0.25, 0.3) is 0 Å². The number of hydrogen-bond acceptors (Lipinski definition) is 2. The van der Waals surface area contributed by atoms with Crippen LogP contribution in [0.4, 0.5) is 0 Å². The van der Waals surface area contributed by atoms with Crippen molar-refractivity contribution in [1.29, 1.82) is 0 Å². The van der Waals surface area contributed by atoms with Crippen molar-refractivity contribution in [2.45, 2.75) is 277 Å². The van der Waals surface area contributed by atoms with Gasteiger partial charge < -0.3 is 9.80 Å². The van der Waals surface area contributed by atoms with E-state index in [0.717, 1.165) is 0 Å². The predicted molar refractivity (Wildman–Crippen MR) is 223 cm³/mol. The van der Waals surface area contributed by atoms with Crippen molar-refractivity contribution in [2.75, 3.05) is 13.1 Å². The van der Waals surface area contributed by atoms with Gasteiger partial charge in [0.2, 0.25) is 0 Å². The predicted octanol–water partition coefficient (Wildman–Crippen LogP) is 16.7. The van der Waals surface area contributed by atoms with Crippen LogP contribution in [0.2, 0.25) is 0 Å². The summed E-state index contributed by atoms with van der Waals surface area (Å²) in [4.78, 5) is 5.46. The van der Waals surface area contributed by atoms with Gasteiger partial charge in [0.25, 0.3) is 0 Å². The van der Waals surface area contributed by atoms with Crippen LogP contribution in [-0.4, -0.2) is 29.1 Å². The third kappa shape index (κ3) is 30.7. The van der Waals surface area contributed by atoms with E-state index in [1.807, 2.05) is 0 Å². The molecule has 1 heterocycles. The molecule has 292 valence electrons. The SMILES string of the molecule is CCCCCCCCCCCCCCCCCCCC1N(CCCCCCCCCC)C=CN1CCCCCCCCCCCCCCC. The van der Waals surface area contributed by atoms with Gasteiger partial charge in [0.1, 0.15) is 6.17 Å².